The fraction of sp³-hybridized carbons (Fsp3) is 0.238. The number of hydrogen-bond acceptors (Lipinski definition) is 5. The summed E-state index contributed by atoms with van der Waals surface area (Å²) in [4.78, 5) is 18.9. The molecule has 1 aliphatic heterocycles. The SMILES string of the molecule is Cc1nc(-c2ccc(N3CCCC3)cc2)sc1-c1cc(F)c(O)c(C=O)c1. The third-order valence-electron chi connectivity index (χ3n) is 4.86. The Balaban J connectivity index is 1.67. The number of nitrogens with zero attached hydrogens (tertiary/aromatic N) is 2. The standard InChI is InChI=1S/C21H19FN2O2S/c1-13-20(15-10-16(12-25)19(26)18(22)11-15)27-21(23-13)14-4-6-17(7-5-14)24-8-2-3-9-24/h4-7,10-12,26H,2-3,8-9H2,1H3. The van der Waals surface area contributed by atoms with E-state index in [9.17, 15) is 14.3 Å². The Labute approximate surface area is 160 Å². The molecule has 1 aromatic heterocycles. The van der Waals surface area contributed by atoms with E-state index in [2.05, 4.69) is 34.1 Å². The third kappa shape index (κ3) is 3.32. The Morgan fingerprint density at radius 1 is 1.15 bits per heavy atom. The number of phenolic OH excluding ortho intramolecular Hbond substituents is 1. The smallest absolute Gasteiger partial charge is 0.166 e. The molecule has 1 fully saturated rings. The first kappa shape index (κ1) is 17.7. The number of aromatic nitrogens is 1. The summed E-state index contributed by atoms with van der Waals surface area (Å²) < 4.78 is 13.9. The van der Waals surface area contributed by atoms with Gasteiger partial charge in [0.2, 0.25) is 0 Å². The van der Waals surface area contributed by atoms with Crippen molar-refractivity contribution >= 4 is 23.3 Å². The quantitative estimate of drug-likeness (QED) is 0.642. The van der Waals surface area contributed by atoms with Crippen LogP contribution in [0.2, 0.25) is 0 Å². The summed E-state index contributed by atoms with van der Waals surface area (Å²) in [6, 6.07) is 11.1. The van der Waals surface area contributed by atoms with Crippen molar-refractivity contribution in [2.75, 3.05) is 18.0 Å². The van der Waals surface area contributed by atoms with Crippen LogP contribution < -0.4 is 4.90 Å². The van der Waals surface area contributed by atoms with Gasteiger partial charge in [0.15, 0.2) is 17.9 Å². The maximum atomic E-state index is 13.9. The molecule has 1 N–H and O–H groups in total. The summed E-state index contributed by atoms with van der Waals surface area (Å²) in [5.74, 6) is -1.42. The molecule has 138 valence electrons. The fourth-order valence-electron chi connectivity index (χ4n) is 3.42. The largest absolute Gasteiger partial charge is 0.504 e. The molecule has 0 amide bonds. The number of phenols is 1. The average molecular weight is 382 g/mol. The Bertz CT molecular complexity index is 992. The number of aldehydes is 1. The number of halogens is 1. The number of benzene rings is 2. The molecule has 0 saturated carbocycles. The predicted molar refractivity (Wildman–Crippen MR) is 106 cm³/mol. The number of thiazole rings is 1. The molecule has 1 aliphatic rings. The van der Waals surface area contributed by atoms with Crippen LogP contribution in [0.5, 0.6) is 5.75 Å². The van der Waals surface area contributed by atoms with Crippen molar-refractivity contribution in [3.05, 3.63) is 53.5 Å². The number of hydrogen-bond donors (Lipinski definition) is 1. The minimum atomic E-state index is -0.807. The lowest BCUT2D eigenvalue weighted by molar-refractivity contribution is 0.112. The van der Waals surface area contributed by atoms with Crippen molar-refractivity contribution in [2.45, 2.75) is 19.8 Å². The van der Waals surface area contributed by atoms with Crippen molar-refractivity contribution < 1.29 is 14.3 Å². The Morgan fingerprint density at radius 2 is 1.85 bits per heavy atom. The first-order valence-corrected chi connectivity index (χ1v) is 9.69. The molecule has 4 rings (SSSR count). The summed E-state index contributed by atoms with van der Waals surface area (Å²) in [6.45, 7) is 4.07. The highest BCUT2D eigenvalue weighted by atomic mass is 32.1. The number of rotatable bonds is 4. The van der Waals surface area contributed by atoms with Crippen LogP contribution in [0.15, 0.2) is 36.4 Å². The molecular formula is C21H19FN2O2S. The van der Waals surface area contributed by atoms with Crippen LogP contribution in [-0.4, -0.2) is 29.5 Å². The minimum absolute atomic E-state index is 0.0608. The molecule has 0 radical (unpaired) electrons. The molecule has 0 aliphatic carbocycles. The minimum Gasteiger partial charge on any atom is -0.504 e. The molecular weight excluding hydrogens is 363 g/mol. The van der Waals surface area contributed by atoms with E-state index in [0.717, 1.165) is 34.2 Å². The van der Waals surface area contributed by atoms with Crippen molar-refractivity contribution in [3.63, 3.8) is 0 Å². The summed E-state index contributed by atoms with van der Waals surface area (Å²) >= 11 is 1.45. The number of carbonyl (C=O) groups is 1. The molecule has 0 unspecified atom stereocenters. The van der Waals surface area contributed by atoms with Crippen molar-refractivity contribution in [1.82, 2.24) is 4.98 Å². The normalized spacial score (nSPS) is 13.9. The second kappa shape index (κ2) is 7.12. The molecule has 3 aromatic rings. The zero-order chi connectivity index (χ0) is 19.0. The lowest BCUT2D eigenvalue weighted by atomic mass is 10.1. The van der Waals surface area contributed by atoms with Gasteiger partial charge >= 0.3 is 0 Å². The van der Waals surface area contributed by atoms with Crippen LogP contribution in [0.4, 0.5) is 10.1 Å². The second-order valence-electron chi connectivity index (χ2n) is 6.69. The van der Waals surface area contributed by atoms with Gasteiger partial charge in [0.05, 0.1) is 16.1 Å². The van der Waals surface area contributed by atoms with Gasteiger partial charge < -0.3 is 10.0 Å². The molecule has 1 saturated heterocycles. The van der Waals surface area contributed by atoms with E-state index < -0.39 is 11.6 Å². The zero-order valence-electron chi connectivity index (χ0n) is 14.9. The Hall–Kier alpha value is -2.73. The molecule has 6 heteroatoms. The summed E-state index contributed by atoms with van der Waals surface area (Å²) in [5.41, 5.74) is 3.48. The maximum absolute atomic E-state index is 13.9. The monoisotopic (exact) mass is 382 g/mol. The molecule has 2 aromatic carbocycles. The molecule has 0 spiro atoms. The second-order valence-corrected chi connectivity index (χ2v) is 7.69. The molecule has 0 atom stereocenters. The van der Waals surface area contributed by atoms with Gasteiger partial charge in [-0.3, -0.25) is 4.79 Å². The summed E-state index contributed by atoms with van der Waals surface area (Å²) in [5, 5.41) is 10.5. The maximum Gasteiger partial charge on any atom is 0.166 e. The fourth-order valence-corrected chi connectivity index (χ4v) is 4.48. The molecule has 4 nitrogen and oxygen atoms in total. The van der Waals surface area contributed by atoms with E-state index in [1.807, 2.05) is 6.92 Å². The lowest BCUT2D eigenvalue weighted by Crippen LogP contribution is -2.17. The number of carbonyl (C=O) groups excluding carboxylic acids is 1. The number of aromatic hydroxyl groups is 1. The van der Waals surface area contributed by atoms with Crippen LogP contribution in [0.25, 0.3) is 21.0 Å². The van der Waals surface area contributed by atoms with E-state index in [1.54, 1.807) is 0 Å². The third-order valence-corrected chi connectivity index (χ3v) is 6.12. The van der Waals surface area contributed by atoms with Crippen LogP contribution >= 0.6 is 11.3 Å². The van der Waals surface area contributed by atoms with Crippen LogP contribution in [0.1, 0.15) is 28.9 Å². The van der Waals surface area contributed by atoms with Gasteiger partial charge in [0.25, 0.3) is 0 Å². The zero-order valence-corrected chi connectivity index (χ0v) is 15.7. The Kier molecular flexibility index (Phi) is 4.66. The van der Waals surface area contributed by atoms with Gasteiger partial charge in [0.1, 0.15) is 5.01 Å². The van der Waals surface area contributed by atoms with E-state index >= 15 is 0 Å². The van der Waals surface area contributed by atoms with Crippen LogP contribution in [0.3, 0.4) is 0 Å². The van der Waals surface area contributed by atoms with Gasteiger partial charge in [-0.15, -0.1) is 11.3 Å². The number of aryl methyl sites for hydroxylation is 1. The first-order valence-electron chi connectivity index (χ1n) is 8.87. The van der Waals surface area contributed by atoms with Crippen LogP contribution in [0, 0.1) is 12.7 Å². The first-order chi connectivity index (χ1) is 13.1. The van der Waals surface area contributed by atoms with Crippen molar-refractivity contribution in [2.24, 2.45) is 0 Å². The van der Waals surface area contributed by atoms with Crippen LogP contribution in [-0.2, 0) is 0 Å². The van der Waals surface area contributed by atoms with Gasteiger partial charge in [-0.25, -0.2) is 9.37 Å². The topological polar surface area (TPSA) is 53.4 Å². The van der Waals surface area contributed by atoms with E-state index in [1.165, 1.54) is 42.0 Å². The van der Waals surface area contributed by atoms with Crippen molar-refractivity contribution in [3.8, 4) is 26.8 Å². The van der Waals surface area contributed by atoms with Crippen molar-refractivity contribution in [1.29, 1.82) is 0 Å². The number of anilines is 1. The highest BCUT2D eigenvalue weighted by Crippen LogP contribution is 2.38. The average Bonchev–Trinajstić information content (AvgIpc) is 3.34. The highest BCUT2D eigenvalue weighted by molar-refractivity contribution is 7.18. The summed E-state index contributed by atoms with van der Waals surface area (Å²) in [7, 11) is 0. The highest BCUT2D eigenvalue weighted by Gasteiger charge is 2.17. The summed E-state index contributed by atoms with van der Waals surface area (Å²) in [6.07, 6.45) is 2.93. The van der Waals surface area contributed by atoms with E-state index in [0.29, 0.717) is 11.8 Å². The predicted octanol–water partition coefficient (Wildman–Crippen LogP) is 5.04. The van der Waals surface area contributed by atoms with Gasteiger partial charge in [-0.2, -0.15) is 0 Å². The van der Waals surface area contributed by atoms with Gasteiger partial charge in [-0.1, -0.05) is 0 Å². The van der Waals surface area contributed by atoms with Gasteiger partial charge in [0, 0.05) is 24.3 Å². The Morgan fingerprint density at radius 3 is 2.52 bits per heavy atom. The molecule has 0 bridgehead atoms. The van der Waals surface area contributed by atoms with E-state index in [4.69, 9.17) is 0 Å². The van der Waals surface area contributed by atoms with Gasteiger partial charge in [-0.05, 0) is 61.7 Å². The van der Waals surface area contributed by atoms with E-state index in [-0.39, 0.29) is 5.56 Å². The molecule has 2 heterocycles. The lowest BCUT2D eigenvalue weighted by Gasteiger charge is -2.17. The molecule has 27 heavy (non-hydrogen) atoms.